The summed E-state index contributed by atoms with van der Waals surface area (Å²) >= 11 is 6.22. The van der Waals surface area contributed by atoms with E-state index in [1.54, 1.807) is 18.9 Å². The second-order valence-corrected chi connectivity index (χ2v) is 9.58. The number of ketones is 1. The highest BCUT2D eigenvalue weighted by molar-refractivity contribution is 6.30. The van der Waals surface area contributed by atoms with Crippen molar-refractivity contribution in [2.24, 2.45) is 0 Å². The number of hydrogen-bond donors (Lipinski definition) is 1. The molecule has 3 heterocycles. The number of para-hydroxylation sites is 1. The standard InChI is InChI=1S/C30H26ClN2O4/c1-19(34)17-24-15-16-26-25-5-3-4-6-27(25)32-28(26)30-29(21-9-11-22(31)12-10-21)33(37(24)30)36-18-20-7-13-23(35-2)14-8-20/h3-16,24,32H,17-18H2,1-2H3/q+1. The number of Topliss-reactive ketones (excluding diaryl/α,β-unsaturated/α-hetero) is 1. The molecule has 3 aromatic carbocycles. The number of carbonyl (C=O) groups is 1. The van der Waals surface area contributed by atoms with Gasteiger partial charge >= 0.3 is 0 Å². The van der Waals surface area contributed by atoms with Crippen LogP contribution in [0.4, 0.5) is 0 Å². The molecule has 1 unspecified atom stereocenters. The van der Waals surface area contributed by atoms with Crippen LogP contribution in [0.1, 0.15) is 30.6 Å². The van der Waals surface area contributed by atoms with Crippen molar-refractivity contribution in [3.05, 3.63) is 95.0 Å². The molecule has 1 atom stereocenters. The number of carbonyl (C=O) groups excluding carboxylic acids is 1. The molecule has 6 nitrogen and oxygen atoms in total. The fourth-order valence-electron chi connectivity index (χ4n) is 4.87. The first-order valence-corrected chi connectivity index (χ1v) is 12.5. The molecule has 1 aliphatic rings. The molecular formula is C30H26ClN2O4+. The third-order valence-corrected chi connectivity index (χ3v) is 6.89. The van der Waals surface area contributed by atoms with Crippen LogP contribution in [0.25, 0.3) is 39.7 Å². The predicted molar refractivity (Wildman–Crippen MR) is 146 cm³/mol. The fourth-order valence-corrected chi connectivity index (χ4v) is 4.99. The van der Waals surface area contributed by atoms with Gasteiger partial charge in [-0.1, -0.05) is 41.9 Å². The van der Waals surface area contributed by atoms with Crippen molar-refractivity contribution < 1.29 is 18.5 Å². The smallest absolute Gasteiger partial charge is 0.263 e. The molecule has 0 saturated carbocycles. The van der Waals surface area contributed by atoms with Crippen LogP contribution in [0.5, 0.6) is 5.75 Å². The summed E-state index contributed by atoms with van der Waals surface area (Å²) in [5.74, 6) is 1.78. The summed E-state index contributed by atoms with van der Waals surface area (Å²) in [4.78, 5) is 24.0. The van der Waals surface area contributed by atoms with Gasteiger partial charge in [-0.05, 0) is 61.5 Å². The van der Waals surface area contributed by atoms with Crippen molar-refractivity contribution >= 4 is 34.4 Å². The number of fused-ring (bicyclic) bond motifs is 5. The van der Waals surface area contributed by atoms with Crippen molar-refractivity contribution in [3.8, 4) is 28.5 Å². The monoisotopic (exact) mass is 513 g/mol. The minimum Gasteiger partial charge on any atom is -0.497 e. The molecule has 186 valence electrons. The van der Waals surface area contributed by atoms with Gasteiger partial charge in [0, 0.05) is 32.6 Å². The lowest BCUT2D eigenvalue weighted by Gasteiger charge is -2.28. The van der Waals surface area contributed by atoms with E-state index in [2.05, 4.69) is 33.4 Å². The molecule has 37 heavy (non-hydrogen) atoms. The summed E-state index contributed by atoms with van der Waals surface area (Å²) < 4.78 is 8.45. The number of nitrogens with zero attached hydrogens (tertiary/aromatic N) is 1. The summed E-state index contributed by atoms with van der Waals surface area (Å²) in [7, 11) is 1.65. The molecule has 5 aromatic rings. The number of methoxy groups -OCH3 is 1. The minimum atomic E-state index is -0.279. The maximum absolute atomic E-state index is 12.3. The second-order valence-electron chi connectivity index (χ2n) is 9.14. The fraction of sp³-hybridized carbons (Fsp3) is 0.167. The maximum Gasteiger partial charge on any atom is 0.263 e. The van der Waals surface area contributed by atoms with Gasteiger partial charge < -0.3 is 13.9 Å². The van der Waals surface area contributed by atoms with Crippen molar-refractivity contribution in [3.63, 3.8) is 0 Å². The highest BCUT2D eigenvalue weighted by atomic mass is 35.5. The van der Waals surface area contributed by atoms with Crippen LogP contribution >= 0.6 is 11.6 Å². The average molecular weight is 514 g/mol. The normalized spacial score (nSPS) is 14.3. The van der Waals surface area contributed by atoms with E-state index in [0.29, 0.717) is 18.1 Å². The maximum atomic E-state index is 12.3. The van der Waals surface area contributed by atoms with E-state index in [-0.39, 0.29) is 11.9 Å². The summed E-state index contributed by atoms with van der Waals surface area (Å²) in [5, 5.41) is 1.78. The Kier molecular flexibility index (Phi) is 5.89. The second kappa shape index (κ2) is 9.37. The quantitative estimate of drug-likeness (QED) is 0.230. The van der Waals surface area contributed by atoms with Gasteiger partial charge in [0.25, 0.3) is 5.76 Å². The third-order valence-electron chi connectivity index (χ3n) is 6.64. The third kappa shape index (κ3) is 4.13. The first kappa shape index (κ1) is 23.3. The number of H-pyrrole nitrogens is 1. The van der Waals surface area contributed by atoms with E-state index in [1.165, 1.54) is 0 Å². The Labute approximate surface area is 219 Å². The molecule has 2 aromatic heterocycles. The number of ether oxygens (including phenoxy) is 1. The van der Waals surface area contributed by atoms with E-state index < -0.39 is 0 Å². The van der Waals surface area contributed by atoms with Gasteiger partial charge in [-0.3, -0.25) is 4.79 Å². The minimum absolute atomic E-state index is 0.0898. The number of halogens is 1. The zero-order valence-electron chi connectivity index (χ0n) is 20.5. The molecule has 6 rings (SSSR count). The molecule has 0 amide bonds. The van der Waals surface area contributed by atoms with Gasteiger partial charge in [-0.15, -0.1) is 0 Å². The molecule has 0 bridgehead atoms. The van der Waals surface area contributed by atoms with Crippen molar-refractivity contribution in [1.82, 2.24) is 9.89 Å². The van der Waals surface area contributed by atoms with Crippen molar-refractivity contribution in [2.45, 2.75) is 26.1 Å². The molecule has 0 aliphatic carbocycles. The van der Waals surface area contributed by atoms with Crippen LogP contribution < -0.4 is 9.57 Å². The lowest BCUT2D eigenvalue weighted by molar-refractivity contribution is -0.201. The molecule has 0 spiro atoms. The Bertz CT molecular complexity index is 1620. The summed E-state index contributed by atoms with van der Waals surface area (Å²) in [6, 6.07) is 23.7. The van der Waals surface area contributed by atoms with Crippen molar-refractivity contribution in [1.29, 1.82) is 0 Å². The Morgan fingerprint density at radius 2 is 1.81 bits per heavy atom. The number of rotatable bonds is 7. The number of allylic oxidation sites excluding steroid dienone is 1. The van der Waals surface area contributed by atoms with Crippen molar-refractivity contribution in [2.75, 3.05) is 7.11 Å². The summed E-state index contributed by atoms with van der Waals surface area (Å²) in [6.45, 7) is 1.94. The number of hydrogen-bond acceptors (Lipinski definition) is 3. The Balaban J connectivity index is 1.52. The molecule has 7 heteroatoms. The Hall–Kier alpha value is -4.16. The van der Waals surface area contributed by atoms with Gasteiger partial charge in [0.05, 0.1) is 13.5 Å². The van der Waals surface area contributed by atoms with Crippen LogP contribution in [-0.2, 0) is 11.4 Å². The summed E-state index contributed by atoms with van der Waals surface area (Å²) in [6.07, 6.45) is 4.20. The number of aromatic nitrogens is 2. The topological polar surface area (TPSA) is 59.0 Å². The highest BCUT2D eigenvalue weighted by Gasteiger charge is 2.40. The lowest BCUT2D eigenvalue weighted by atomic mass is 10.0. The molecule has 0 radical (unpaired) electrons. The SMILES string of the molecule is COc1ccc(COn2c(-c3ccc(Cl)cc3)c3[o+]2C(CC(C)=O)C=Cc2c-3[nH]c3ccccc23)cc1. The predicted octanol–water partition coefficient (Wildman–Crippen LogP) is 7.42. The zero-order valence-corrected chi connectivity index (χ0v) is 21.3. The first-order valence-electron chi connectivity index (χ1n) is 12.1. The Morgan fingerprint density at radius 1 is 1.05 bits per heavy atom. The van der Waals surface area contributed by atoms with Gasteiger partial charge in [-0.25, -0.2) is 4.84 Å². The van der Waals surface area contributed by atoms with E-state index in [4.69, 9.17) is 21.2 Å². The zero-order chi connectivity index (χ0) is 25.5. The van der Waals surface area contributed by atoms with Crippen LogP contribution in [-0.4, -0.2) is 22.8 Å². The first-order chi connectivity index (χ1) is 18.0. The molecule has 1 aliphatic heterocycles. The van der Waals surface area contributed by atoms with E-state index >= 15 is 0 Å². The van der Waals surface area contributed by atoms with E-state index in [1.807, 2.05) is 60.7 Å². The lowest BCUT2D eigenvalue weighted by Crippen LogP contribution is -2.27. The van der Waals surface area contributed by atoms with Crippen LogP contribution in [0.2, 0.25) is 5.02 Å². The van der Waals surface area contributed by atoms with Gasteiger partial charge in [0.15, 0.2) is 6.10 Å². The van der Waals surface area contributed by atoms with Gasteiger partial charge in [0.2, 0.25) is 12.3 Å². The number of benzene rings is 3. The Morgan fingerprint density at radius 3 is 2.54 bits per heavy atom. The highest BCUT2D eigenvalue weighted by Crippen LogP contribution is 2.49. The average Bonchev–Trinajstić information content (AvgIpc) is 3.19. The largest absolute Gasteiger partial charge is 0.497 e. The number of nitrogens with one attached hydrogen (secondary N) is 1. The van der Waals surface area contributed by atoms with E-state index in [0.717, 1.165) is 50.5 Å². The van der Waals surface area contributed by atoms with Crippen LogP contribution in [0.15, 0.2) is 83.0 Å². The van der Waals surface area contributed by atoms with Crippen LogP contribution in [0, 0.1) is 0 Å². The van der Waals surface area contributed by atoms with Gasteiger partial charge in [0.1, 0.15) is 22.1 Å². The van der Waals surface area contributed by atoms with E-state index in [9.17, 15) is 4.79 Å². The molecule has 1 N–H and O–H groups in total. The molecule has 0 saturated heterocycles. The molecular weight excluding hydrogens is 488 g/mol. The van der Waals surface area contributed by atoms with Crippen LogP contribution in [0.3, 0.4) is 0 Å². The number of aromatic amines is 1. The van der Waals surface area contributed by atoms with Gasteiger partial charge in [-0.2, -0.15) is 0 Å². The summed E-state index contributed by atoms with van der Waals surface area (Å²) in [5.41, 5.74) is 5.90. The molecule has 0 fully saturated rings.